The van der Waals surface area contributed by atoms with Crippen molar-refractivity contribution in [3.05, 3.63) is 35.1 Å². The van der Waals surface area contributed by atoms with E-state index in [9.17, 15) is 0 Å². The fourth-order valence-corrected chi connectivity index (χ4v) is 3.46. The van der Waals surface area contributed by atoms with E-state index in [1.54, 1.807) is 11.3 Å². The van der Waals surface area contributed by atoms with Gasteiger partial charge in [0.05, 0.1) is 12.2 Å². The summed E-state index contributed by atoms with van der Waals surface area (Å²) in [5.74, 6) is 2.18. The molecule has 4 rings (SSSR count). The molecule has 1 aliphatic rings. The number of fused-ring (bicyclic) bond motifs is 2. The highest BCUT2D eigenvalue weighted by atomic mass is 32.1. The molecule has 0 N–H and O–H groups in total. The maximum atomic E-state index is 4.64. The molecule has 0 aromatic carbocycles. The first-order valence-electron chi connectivity index (χ1n) is 6.88. The lowest BCUT2D eigenvalue weighted by Gasteiger charge is -2.26. The summed E-state index contributed by atoms with van der Waals surface area (Å²) >= 11 is 1.67. The van der Waals surface area contributed by atoms with Crippen molar-refractivity contribution in [2.24, 2.45) is 0 Å². The smallest absolute Gasteiger partial charge is 0.193 e. The molecule has 0 unspecified atom stereocenters. The minimum atomic E-state index is 0.859. The summed E-state index contributed by atoms with van der Waals surface area (Å²) in [4.78, 5) is 8.09. The zero-order valence-electron chi connectivity index (χ0n) is 11.4. The zero-order valence-corrected chi connectivity index (χ0v) is 12.2. The van der Waals surface area contributed by atoms with Crippen LogP contribution >= 0.6 is 11.3 Å². The predicted molar refractivity (Wildman–Crippen MR) is 76.6 cm³/mol. The van der Waals surface area contributed by atoms with Crippen molar-refractivity contribution in [2.45, 2.75) is 33.0 Å². The number of aromatic nitrogens is 5. The minimum Gasteiger partial charge on any atom is -0.313 e. The van der Waals surface area contributed by atoms with Gasteiger partial charge in [-0.1, -0.05) is 6.92 Å². The van der Waals surface area contributed by atoms with Gasteiger partial charge in [-0.05, 0) is 0 Å². The molecule has 0 fully saturated rings. The fourth-order valence-electron chi connectivity index (χ4n) is 2.75. The summed E-state index contributed by atoms with van der Waals surface area (Å²) in [6.07, 6.45) is 5.11. The Bertz CT molecular complexity index is 711. The van der Waals surface area contributed by atoms with Gasteiger partial charge in [0.1, 0.15) is 11.6 Å². The molecule has 3 aromatic heterocycles. The molecule has 1 aliphatic heterocycles. The van der Waals surface area contributed by atoms with Crippen molar-refractivity contribution in [3.63, 3.8) is 0 Å². The van der Waals surface area contributed by atoms with Crippen LogP contribution in [-0.2, 0) is 26.1 Å². The number of aryl methyl sites for hydroxylation is 1. The molecule has 0 radical (unpaired) electrons. The molecule has 0 saturated carbocycles. The van der Waals surface area contributed by atoms with E-state index in [0.717, 1.165) is 54.9 Å². The maximum absolute atomic E-state index is 4.64. The van der Waals surface area contributed by atoms with Crippen LogP contribution in [0.1, 0.15) is 24.3 Å². The number of thiazole rings is 1. The molecule has 20 heavy (non-hydrogen) atoms. The zero-order chi connectivity index (χ0) is 13.5. The third-order valence-corrected chi connectivity index (χ3v) is 4.52. The largest absolute Gasteiger partial charge is 0.313 e. The highest BCUT2D eigenvalue weighted by Crippen LogP contribution is 2.17. The van der Waals surface area contributed by atoms with Crippen LogP contribution in [0.3, 0.4) is 0 Å². The molecule has 0 saturated heterocycles. The average molecular weight is 288 g/mol. The normalized spacial score (nSPS) is 15.8. The molecule has 0 amide bonds. The molecule has 104 valence electrons. The van der Waals surface area contributed by atoms with Gasteiger partial charge in [-0.25, -0.2) is 4.98 Å². The second kappa shape index (κ2) is 4.68. The van der Waals surface area contributed by atoms with Gasteiger partial charge >= 0.3 is 0 Å². The monoisotopic (exact) mass is 288 g/mol. The predicted octanol–water partition coefficient (Wildman–Crippen LogP) is 1.57. The Balaban J connectivity index is 1.52. The van der Waals surface area contributed by atoms with Crippen molar-refractivity contribution >= 4 is 16.3 Å². The van der Waals surface area contributed by atoms with Crippen molar-refractivity contribution < 1.29 is 0 Å². The summed E-state index contributed by atoms with van der Waals surface area (Å²) in [6.45, 7) is 5.87. The van der Waals surface area contributed by atoms with E-state index in [1.807, 2.05) is 0 Å². The van der Waals surface area contributed by atoms with Crippen LogP contribution in [0.15, 0.2) is 17.8 Å². The first-order chi connectivity index (χ1) is 9.83. The van der Waals surface area contributed by atoms with Crippen molar-refractivity contribution in [2.75, 3.05) is 6.54 Å². The van der Waals surface area contributed by atoms with Gasteiger partial charge in [0.2, 0.25) is 0 Å². The summed E-state index contributed by atoms with van der Waals surface area (Å²) < 4.78 is 4.34. The lowest BCUT2D eigenvalue weighted by Crippen LogP contribution is -2.34. The van der Waals surface area contributed by atoms with E-state index in [0.29, 0.717) is 0 Å². The Morgan fingerprint density at radius 2 is 2.25 bits per heavy atom. The van der Waals surface area contributed by atoms with E-state index in [4.69, 9.17) is 0 Å². The first kappa shape index (κ1) is 12.0. The molecule has 3 aromatic rings. The van der Waals surface area contributed by atoms with Crippen LogP contribution in [-0.4, -0.2) is 35.6 Å². The lowest BCUT2D eigenvalue weighted by molar-refractivity contribution is 0.205. The Kier molecular flexibility index (Phi) is 2.82. The number of hydrogen-bond donors (Lipinski definition) is 0. The Morgan fingerprint density at radius 1 is 1.30 bits per heavy atom. The van der Waals surface area contributed by atoms with Crippen molar-refractivity contribution in [1.82, 2.24) is 29.0 Å². The fraction of sp³-hybridized carbons (Fsp3) is 0.462. The average Bonchev–Trinajstić information content (AvgIpc) is 3.11. The molecular formula is C13H16N6S. The van der Waals surface area contributed by atoms with Crippen LogP contribution < -0.4 is 0 Å². The summed E-state index contributed by atoms with van der Waals surface area (Å²) in [5, 5.41) is 10.6. The van der Waals surface area contributed by atoms with Crippen LogP contribution in [0, 0.1) is 0 Å². The van der Waals surface area contributed by atoms with Crippen LogP contribution in [0.4, 0.5) is 0 Å². The van der Waals surface area contributed by atoms with Crippen LogP contribution in [0.25, 0.3) is 4.96 Å². The number of nitrogens with zero attached hydrogens (tertiary/aromatic N) is 6. The SMILES string of the molecule is CCc1nnc2n1CCN(Cc1cn3ccsc3n1)C2. The van der Waals surface area contributed by atoms with Gasteiger partial charge in [-0.15, -0.1) is 21.5 Å². The molecule has 0 atom stereocenters. The maximum Gasteiger partial charge on any atom is 0.193 e. The number of hydrogen-bond acceptors (Lipinski definition) is 5. The van der Waals surface area contributed by atoms with Gasteiger partial charge in [0, 0.05) is 43.8 Å². The number of imidazole rings is 1. The molecule has 6 nitrogen and oxygen atoms in total. The first-order valence-corrected chi connectivity index (χ1v) is 7.76. The molecule has 0 bridgehead atoms. The lowest BCUT2D eigenvalue weighted by atomic mass is 10.3. The van der Waals surface area contributed by atoms with E-state index in [1.165, 1.54) is 0 Å². The van der Waals surface area contributed by atoms with Gasteiger partial charge in [0.25, 0.3) is 0 Å². The Labute approximate surface area is 120 Å². The molecule has 7 heteroatoms. The van der Waals surface area contributed by atoms with E-state index in [-0.39, 0.29) is 0 Å². The van der Waals surface area contributed by atoms with E-state index in [2.05, 4.69) is 53.7 Å². The second-order valence-electron chi connectivity index (χ2n) is 5.07. The Morgan fingerprint density at radius 3 is 3.10 bits per heavy atom. The van der Waals surface area contributed by atoms with Crippen LogP contribution in [0.2, 0.25) is 0 Å². The van der Waals surface area contributed by atoms with Gasteiger partial charge in [-0.3, -0.25) is 9.30 Å². The van der Waals surface area contributed by atoms with Gasteiger partial charge < -0.3 is 4.57 Å². The number of rotatable bonds is 3. The highest BCUT2D eigenvalue weighted by molar-refractivity contribution is 7.15. The summed E-state index contributed by atoms with van der Waals surface area (Å²) in [5.41, 5.74) is 1.13. The van der Waals surface area contributed by atoms with Crippen molar-refractivity contribution in [3.8, 4) is 0 Å². The minimum absolute atomic E-state index is 0.859. The van der Waals surface area contributed by atoms with Crippen molar-refractivity contribution in [1.29, 1.82) is 0 Å². The van der Waals surface area contributed by atoms with Gasteiger partial charge in [0.15, 0.2) is 4.96 Å². The summed E-state index contributed by atoms with van der Waals surface area (Å²) in [6, 6.07) is 0. The quantitative estimate of drug-likeness (QED) is 0.734. The van der Waals surface area contributed by atoms with Crippen LogP contribution in [0.5, 0.6) is 0 Å². The molecule has 0 aliphatic carbocycles. The second-order valence-corrected chi connectivity index (χ2v) is 5.95. The Hall–Kier alpha value is -1.73. The third kappa shape index (κ3) is 1.94. The van der Waals surface area contributed by atoms with E-state index >= 15 is 0 Å². The van der Waals surface area contributed by atoms with Gasteiger partial charge in [-0.2, -0.15) is 0 Å². The standard InChI is InChI=1S/C13H16N6S/c1-2-11-15-16-12-9-17(3-4-19(11)12)7-10-8-18-5-6-20-13(18)14-10/h5-6,8H,2-4,7,9H2,1H3. The highest BCUT2D eigenvalue weighted by Gasteiger charge is 2.21. The molecular weight excluding hydrogens is 272 g/mol. The topological polar surface area (TPSA) is 51.2 Å². The third-order valence-electron chi connectivity index (χ3n) is 3.75. The molecule has 4 heterocycles. The van der Waals surface area contributed by atoms with E-state index < -0.39 is 0 Å². The summed E-state index contributed by atoms with van der Waals surface area (Å²) in [7, 11) is 0. The molecule has 0 spiro atoms.